The maximum Gasteiger partial charge on any atom is 0.276 e. The Morgan fingerprint density at radius 3 is 2.50 bits per heavy atom. The molecule has 0 saturated carbocycles. The zero-order valence-electron chi connectivity index (χ0n) is 12.7. The number of aromatic nitrogens is 1. The van der Waals surface area contributed by atoms with E-state index in [0.717, 1.165) is 10.8 Å². The van der Waals surface area contributed by atoms with Gasteiger partial charge in [-0.15, -0.1) is 0 Å². The van der Waals surface area contributed by atoms with Crippen molar-refractivity contribution >= 4 is 22.6 Å². The zero-order valence-corrected chi connectivity index (χ0v) is 12.7. The van der Waals surface area contributed by atoms with Crippen LogP contribution in [0.25, 0.3) is 10.8 Å². The van der Waals surface area contributed by atoms with E-state index in [1.54, 1.807) is 18.2 Å². The van der Waals surface area contributed by atoms with Gasteiger partial charge >= 0.3 is 0 Å². The number of hydrogen-bond acceptors (Lipinski definition) is 4. The first-order valence-electron chi connectivity index (χ1n) is 7.34. The van der Waals surface area contributed by atoms with E-state index < -0.39 is 11.8 Å². The molecule has 24 heavy (non-hydrogen) atoms. The Morgan fingerprint density at radius 2 is 1.67 bits per heavy atom. The fraction of sp³-hybridized carbons (Fsp3) is 0.0556. The van der Waals surface area contributed by atoms with Gasteiger partial charge in [-0.25, -0.2) is 0 Å². The predicted octanol–water partition coefficient (Wildman–Crippen LogP) is 2.07. The molecule has 0 spiro atoms. The summed E-state index contributed by atoms with van der Waals surface area (Å²) < 4.78 is 5.55. The second kappa shape index (κ2) is 7.23. The molecule has 0 saturated heterocycles. The third kappa shape index (κ3) is 3.67. The molecule has 120 valence electrons. The molecule has 2 amide bonds. The van der Waals surface area contributed by atoms with Gasteiger partial charge in [0.2, 0.25) is 0 Å². The van der Waals surface area contributed by atoms with Crippen LogP contribution in [0.3, 0.4) is 0 Å². The van der Waals surface area contributed by atoms with Gasteiger partial charge in [0.1, 0.15) is 5.75 Å². The summed E-state index contributed by atoms with van der Waals surface area (Å²) in [6, 6.07) is 16.5. The molecule has 0 radical (unpaired) electrons. The van der Waals surface area contributed by atoms with Crippen LogP contribution in [0.15, 0.2) is 67.0 Å². The van der Waals surface area contributed by atoms with Crippen LogP contribution in [0.4, 0.5) is 0 Å². The smallest absolute Gasteiger partial charge is 0.276 e. The minimum atomic E-state index is -0.453. The lowest BCUT2D eigenvalue weighted by Gasteiger charge is -2.10. The van der Waals surface area contributed by atoms with Gasteiger partial charge in [-0.2, -0.15) is 0 Å². The lowest BCUT2D eigenvalue weighted by molar-refractivity contribution is -0.123. The van der Waals surface area contributed by atoms with E-state index in [9.17, 15) is 9.59 Å². The van der Waals surface area contributed by atoms with Gasteiger partial charge in [0, 0.05) is 23.3 Å². The van der Waals surface area contributed by atoms with Gasteiger partial charge in [-0.05, 0) is 23.6 Å². The largest absolute Gasteiger partial charge is 0.483 e. The Hall–Kier alpha value is -3.41. The number of nitrogens with zero attached hydrogens (tertiary/aromatic N) is 1. The van der Waals surface area contributed by atoms with Gasteiger partial charge in [0.25, 0.3) is 11.8 Å². The van der Waals surface area contributed by atoms with Crippen LogP contribution in [0.5, 0.6) is 5.75 Å². The molecule has 0 fully saturated rings. The number of carbonyl (C=O) groups excluding carboxylic acids is 2. The Bertz CT molecular complexity index is 860. The molecule has 3 rings (SSSR count). The molecule has 0 bridgehead atoms. The highest BCUT2D eigenvalue weighted by Gasteiger charge is 2.08. The summed E-state index contributed by atoms with van der Waals surface area (Å²) >= 11 is 0. The molecule has 6 heteroatoms. The van der Waals surface area contributed by atoms with E-state index in [-0.39, 0.29) is 6.61 Å². The van der Waals surface area contributed by atoms with E-state index in [1.807, 2.05) is 36.4 Å². The molecule has 0 aliphatic carbocycles. The highest BCUT2D eigenvalue weighted by molar-refractivity contribution is 5.95. The van der Waals surface area contributed by atoms with Crippen LogP contribution >= 0.6 is 0 Å². The number of hydrogen-bond donors (Lipinski definition) is 2. The van der Waals surface area contributed by atoms with Crippen molar-refractivity contribution < 1.29 is 14.3 Å². The van der Waals surface area contributed by atoms with Crippen molar-refractivity contribution in [3.8, 4) is 5.75 Å². The first kappa shape index (κ1) is 15.5. The minimum absolute atomic E-state index is 0.204. The number of nitrogens with one attached hydrogen (secondary N) is 2. The second-order valence-electron chi connectivity index (χ2n) is 5.00. The Balaban J connectivity index is 1.55. The number of carbonyl (C=O) groups is 2. The summed E-state index contributed by atoms with van der Waals surface area (Å²) in [6.07, 6.45) is 3.00. The van der Waals surface area contributed by atoms with Crippen LogP contribution in [0, 0.1) is 0 Å². The number of benzene rings is 2. The molecular weight excluding hydrogens is 306 g/mol. The first-order chi connectivity index (χ1) is 11.7. The fourth-order valence-electron chi connectivity index (χ4n) is 2.20. The Morgan fingerprint density at radius 1 is 0.917 bits per heavy atom. The zero-order chi connectivity index (χ0) is 16.8. The average molecular weight is 321 g/mol. The van der Waals surface area contributed by atoms with E-state index >= 15 is 0 Å². The Labute approximate surface area is 138 Å². The van der Waals surface area contributed by atoms with E-state index in [1.165, 1.54) is 12.4 Å². The molecule has 0 aliphatic heterocycles. The fourth-order valence-corrected chi connectivity index (χ4v) is 2.20. The summed E-state index contributed by atoms with van der Waals surface area (Å²) in [7, 11) is 0. The van der Waals surface area contributed by atoms with Gasteiger partial charge in [-0.1, -0.05) is 36.4 Å². The third-order valence-corrected chi connectivity index (χ3v) is 3.37. The van der Waals surface area contributed by atoms with Crippen molar-refractivity contribution in [2.75, 3.05) is 6.61 Å². The Kier molecular flexibility index (Phi) is 4.67. The predicted molar refractivity (Wildman–Crippen MR) is 89.3 cm³/mol. The molecule has 0 unspecified atom stereocenters. The number of amides is 2. The maximum atomic E-state index is 11.8. The quantitative estimate of drug-likeness (QED) is 0.721. The summed E-state index contributed by atoms with van der Waals surface area (Å²) in [5.74, 6) is -0.259. The highest BCUT2D eigenvalue weighted by atomic mass is 16.5. The number of fused-ring (bicyclic) bond motifs is 1. The van der Waals surface area contributed by atoms with E-state index in [4.69, 9.17) is 4.74 Å². The van der Waals surface area contributed by atoms with Gasteiger partial charge in [0.05, 0.1) is 0 Å². The van der Waals surface area contributed by atoms with Crippen LogP contribution in [0.2, 0.25) is 0 Å². The van der Waals surface area contributed by atoms with Crippen molar-refractivity contribution in [2.24, 2.45) is 0 Å². The third-order valence-electron chi connectivity index (χ3n) is 3.37. The van der Waals surface area contributed by atoms with E-state index in [2.05, 4.69) is 15.8 Å². The molecule has 0 atom stereocenters. The lowest BCUT2D eigenvalue weighted by atomic mass is 10.1. The van der Waals surface area contributed by atoms with E-state index in [0.29, 0.717) is 11.3 Å². The van der Waals surface area contributed by atoms with Crippen molar-refractivity contribution in [3.05, 3.63) is 72.6 Å². The van der Waals surface area contributed by atoms with Crippen molar-refractivity contribution in [3.63, 3.8) is 0 Å². The van der Waals surface area contributed by atoms with Crippen molar-refractivity contribution in [1.82, 2.24) is 15.8 Å². The number of rotatable bonds is 4. The van der Waals surface area contributed by atoms with Gasteiger partial charge < -0.3 is 4.74 Å². The standard InChI is InChI=1S/C18H15N3O3/c22-17(20-21-18(23)14-8-10-19-11-9-14)12-24-16-7-3-5-13-4-1-2-6-15(13)16/h1-11H,12H2,(H,20,22)(H,21,23). The average Bonchev–Trinajstić information content (AvgIpc) is 2.65. The molecule has 6 nitrogen and oxygen atoms in total. The SMILES string of the molecule is O=C(COc1cccc2ccccc12)NNC(=O)c1ccncc1. The van der Waals surface area contributed by atoms with Crippen molar-refractivity contribution in [1.29, 1.82) is 0 Å². The summed E-state index contributed by atoms with van der Waals surface area (Å²) in [5, 5.41) is 1.95. The van der Waals surface area contributed by atoms with Crippen LogP contribution < -0.4 is 15.6 Å². The lowest BCUT2D eigenvalue weighted by Crippen LogP contribution is -2.43. The normalized spacial score (nSPS) is 10.2. The number of pyridine rings is 1. The van der Waals surface area contributed by atoms with Gasteiger partial charge in [0.15, 0.2) is 6.61 Å². The molecule has 1 heterocycles. The van der Waals surface area contributed by atoms with Crippen LogP contribution in [-0.4, -0.2) is 23.4 Å². The second-order valence-corrected chi connectivity index (χ2v) is 5.00. The highest BCUT2D eigenvalue weighted by Crippen LogP contribution is 2.24. The molecule has 0 aliphatic rings. The van der Waals surface area contributed by atoms with Gasteiger partial charge in [-0.3, -0.25) is 25.4 Å². The number of ether oxygens (including phenoxy) is 1. The molecule has 3 aromatic rings. The molecule has 2 aromatic carbocycles. The summed E-state index contributed by atoms with van der Waals surface area (Å²) in [5.41, 5.74) is 5.04. The molecule has 2 N–H and O–H groups in total. The first-order valence-corrected chi connectivity index (χ1v) is 7.34. The minimum Gasteiger partial charge on any atom is -0.483 e. The van der Waals surface area contributed by atoms with Crippen molar-refractivity contribution in [2.45, 2.75) is 0 Å². The molecule has 1 aromatic heterocycles. The maximum absolute atomic E-state index is 11.8. The molecular formula is C18H15N3O3. The number of hydrazine groups is 1. The summed E-state index contributed by atoms with van der Waals surface area (Å²) in [4.78, 5) is 27.5. The summed E-state index contributed by atoms with van der Waals surface area (Å²) in [6.45, 7) is -0.204. The monoisotopic (exact) mass is 321 g/mol. The topological polar surface area (TPSA) is 80.3 Å². The van der Waals surface area contributed by atoms with Crippen LogP contribution in [-0.2, 0) is 4.79 Å². The van der Waals surface area contributed by atoms with Crippen LogP contribution in [0.1, 0.15) is 10.4 Å².